The van der Waals surface area contributed by atoms with Crippen molar-refractivity contribution >= 4 is 11.8 Å². The molecular formula is C35H41FN4O2. The fourth-order valence-electron chi connectivity index (χ4n) is 7.15. The van der Waals surface area contributed by atoms with Crippen LogP contribution in [0.15, 0.2) is 78.9 Å². The number of halogens is 1. The van der Waals surface area contributed by atoms with Gasteiger partial charge in [-0.2, -0.15) is 0 Å². The molecule has 0 radical (unpaired) electrons. The Labute approximate surface area is 248 Å². The molecular weight excluding hydrogens is 527 g/mol. The second-order valence-corrected chi connectivity index (χ2v) is 12.1. The molecule has 2 saturated heterocycles. The molecule has 3 heterocycles. The Kier molecular flexibility index (Phi) is 8.41. The molecule has 2 amide bonds. The maximum atomic E-state index is 14.6. The second kappa shape index (κ2) is 12.4. The van der Waals surface area contributed by atoms with Crippen LogP contribution in [0.25, 0.3) is 0 Å². The normalized spacial score (nSPS) is 21.1. The van der Waals surface area contributed by atoms with E-state index in [-0.39, 0.29) is 23.4 Å². The standard InChI is InChI=1S/C35H41FN4O2/c1-37-23-25-39(26-24-37)34(42)35(28-10-3-2-4-11-28)17-21-38(22-18-35)19-16-32-29-12-6-5-9-27(29)15-20-40(32)33(41)30-13-7-8-14-31(30)36/h2-14,32H,15-26H2,1H3. The summed E-state index contributed by atoms with van der Waals surface area (Å²) >= 11 is 0. The Hall–Kier alpha value is -3.55. The highest BCUT2D eigenvalue weighted by atomic mass is 19.1. The van der Waals surface area contributed by atoms with Gasteiger partial charge in [0.25, 0.3) is 5.91 Å². The minimum Gasteiger partial charge on any atom is -0.339 e. The molecule has 6 rings (SSSR count). The smallest absolute Gasteiger partial charge is 0.257 e. The fraction of sp³-hybridized carbons (Fsp3) is 0.429. The molecule has 1 unspecified atom stereocenters. The third-order valence-corrected chi connectivity index (χ3v) is 9.73. The van der Waals surface area contributed by atoms with E-state index in [1.54, 1.807) is 18.2 Å². The fourth-order valence-corrected chi connectivity index (χ4v) is 7.15. The van der Waals surface area contributed by atoms with E-state index in [1.165, 1.54) is 11.6 Å². The number of piperidine rings is 1. The van der Waals surface area contributed by atoms with Crippen LogP contribution in [0.3, 0.4) is 0 Å². The first-order valence-corrected chi connectivity index (χ1v) is 15.4. The molecule has 0 N–H and O–H groups in total. The van der Waals surface area contributed by atoms with E-state index in [2.05, 4.69) is 52.1 Å². The number of likely N-dealkylation sites (tertiary alicyclic amines) is 1. The highest BCUT2D eigenvalue weighted by Crippen LogP contribution is 2.39. The van der Waals surface area contributed by atoms with Gasteiger partial charge in [-0.1, -0.05) is 66.7 Å². The summed E-state index contributed by atoms with van der Waals surface area (Å²) in [7, 11) is 2.11. The zero-order valence-electron chi connectivity index (χ0n) is 24.6. The van der Waals surface area contributed by atoms with E-state index >= 15 is 0 Å². The minimum absolute atomic E-state index is 0.116. The van der Waals surface area contributed by atoms with Gasteiger partial charge in [-0.05, 0) is 74.6 Å². The van der Waals surface area contributed by atoms with E-state index in [9.17, 15) is 14.0 Å². The molecule has 6 nitrogen and oxygen atoms in total. The van der Waals surface area contributed by atoms with Crippen molar-refractivity contribution in [2.75, 3.05) is 59.4 Å². The largest absolute Gasteiger partial charge is 0.339 e. The number of carbonyl (C=O) groups is 2. The molecule has 1 atom stereocenters. The molecule has 3 aromatic rings. The number of carbonyl (C=O) groups excluding carboxylic acids is 2. The number of rotatable bonds is 6. The van der Waals surface area contributed by atoms with Gasteiger partial charge in [0.2, 0.25) is 5.91 Å². The molecule has 0 spiro atoms. The molecule has 220 valence electrons. The highest BCUT2D eigenvalue weighted by molar-refractivity contribution is 5.95. The third-order valence-electron chi connectivity index (χ3n) is 9.73. The number of hydrogen-bond donors (Lipinski definition) is 0. The van der Waals surface area contributed by atoms with Crippen LogP contribution in [0.2, 0.25) is 0 Å². The van der Waals surface area contributed by atoms with E-state index < -0.39 is 11.2 Å². The number of benzene rings is 3. The van der Waals surface area contributed by atoms with Crippen molar-refractivity contribution in [2.24, 2.45) is 0 Å². The Morgan fingerprint density at radius 1 is 0.810 bits per heavy atom. The number of nitrogens with zero attached hydrogens (tertiary/aromatic N) is 4. The van der Waals surface area contributed by atoms with Gasteiger partial charge in [0.15, 0.2) is 0 Å². The van der Waals surface area contributed by atoms with Gasteiger partial charge in [0.1, 0.15) is 5.82 Å². The third kappa shape index (κ3) is 5.60. The van der Waals surface area contributed by atoms with Crippen LogP contribution in [0.1, 0.15) is 52.4 Å². The molecule has 7 heteroatoms. The van der Waals surface area contributed by atoms with E-state index in [0.717, 1.165) is 82.6 Å². The summed E-state index contributed by atoms with van der Waals surface area (Å²) in [6.45, 7) is 6.41. The van der Waals surface area contributed by atoms with Crippen molar-refractivity contribution < 1.29 is 14.0 Å². The molecule has 0 saturated carbocycles. The number of amides is 2. The SMILES string of the molecule is CN1CCN(C(=O)C2(c3ccccc3)CCN(CCC3c4ccccc4CCN3C(=O)c3ccccc3F)CC2)CC1. The number of likely N-dealkylation sites (N-methyl/N-ethyl adjacent to an activating group) is 1. The first-order valence-electron chi connectivity index (χ1n) is 15.4. The van der Waals surface area contributed by atoms with Crippen molar-refractivity contribution in [3.05, 3.63) is 107 Å². The summed E-state index contributed by atoms with van der Waals surface area (Å²) in [5.41, 5.74) is 3.18. The van der Waals surface area contributed by atoms with E-state index in [4.69, 9.17) is 0 Å². The number of fused-ring (bicyclic) bond motifs is 1. The van der Waals surface area contributed by atoms with Crippen molar-refractivity contribution in [1.82, 2.24) is 19.6 Å². The van der Waals surface area contributed by atoms with Crippen molar-refractivity contribution in [2.45, 2.75) is 37.1 Å². The quantitative estimate of drug-likeness (QED) is 0.430. The average molecular weight is 569 g/mol. The maximum absolute atomic E-state index is 14.6. The molecule has 3 aliphatic rings. The Balaban J connectivity index is 1.18. The molecule has 3 aliphatic heterocycles. The zero-order valence-corrected chi connectivity index (χ0v) is 24.6. The van der Waals surface area contributed by atoms with E-state index in [0.29, 0.717) is 6.54 Å². The van der Waals surface area contributed by atoms with Crippen LogP contribution >= 0.6 is 0 Å². The lowest BCUT2D eigenvalue weighted by atomic mass is 9.71. The lowest BCUT2D eigenvalue weighted by Gasteiger charge is -2.45. The second-order valence-electron chi connectivity index (χ2n) is 12.1. The minimum atomic E-state index is -0.502. The molecule has 0 aliphatic carbocycles. The first-order chi connectivity index (χ1) is 20.5. The first kappa shape index (κ1) is 28.6. The van der Waals surface area contributed by atoms with Gasteiger partial charge in [-0.3, -0.25) is 9.59 Å². The highest BCUT2D eigenvalue weighted by Gasteiger charge is 2.45. The summed E-state index contributed by atoms with van der Waals surface area (Å²) in [6.07, 6.45) is 3.09. The van der Waals surface area contributed by atoms with Crippen LogP contribution < -0.4 is 0 Å². The Morgan fingerprint density at radius 3 is 2.21 bits per heavy atom. The molecule has 2 fully saturated rings. The Morgan fingerprint density at radius 2 is 1.48 bits per heavy atom. The van der Waals surface area contributed by atoms with E-state index in [1.807, 2.05) is 29.2 Å². The molecule has 0 bridgehead atoms. The number of hydrogen-bond acceptors (Lipinski definition) is 4. The van der Waals surface area contributed by atoms with Gasteiger partial charge in [0, 0.05) is 39.3 Å². The zero-order chi connectivity index (χ0) is 29.1. The van der Waals surface area contributed by atoms with Crippen molar-refractivity contribution in [1.29, 1.82) is 0 Å². The monoisotopic (exact) mass is 568 g/mol. The van der Waals surface area contributed by atoms with Gasteiger partial charge in [0.05, 0.1) is 17.0 Å². The van der Waals surface area contributed by atoms with Crippen LogP contribution in [0, 0.1) is 5.82 Å². The summed E-state index contributed by atoms with van der Waals surface area (Å²) in [4.78, 5) is 36.4. The number of piperazine rings is 1. The summed E-state index contributed by atoms with van der Waals surface area (Å²) < 4.78 is 14.6. The molecule has 42 heavy (non-hydrogen) atoms. The average Bonchev–Trinajstić information content (AvgIpc) is 3.04. The van der Waals surface area contributed by atoms with Gasteiger partial charge in [-0.25, -0.2) is 4.39 Å². The lowest BCUT2D eigenvalue weighted by Crippen LogP contribution is -2.57. The molecule has 3 aromatic carbocycles. The van der Waals surface area contributed by atoms with Crippen molar-refractivity contribution in [3.8, 4) is 0 Å². The van der Waals surface area contributed by atoms with Crippen LogP contribution in [-0.2, 0) is 16.6 Å². The lowest BCUT2D eigenvalue weighted by molar-refractivity contribution is -0.141. The maximum Gasteiger partial charge on any atom is 0.257 e. The predicted octanol–water partition coefficient (Wildman–Crippen LogP) is 4.76. The van der Waals surface area contributed by atoms with Crippen LogP contribution in [0.4, 0.5) is 4.39 Å². The molecule has 0 aromatic heterocycles. The summed E-state index contributed by atoms with van der Waals surface area (Å²) in [6, 6.07) is 24.9. The summed E-state index contributed by atoms with van der Waals surface area (Å²) in [5.74, 6) is -0.449. The Bertz CT molecular complexity index is 1400. The van der Waals surface area contributed by atoms with Gasteiger partial charge in [-0.15, -0.1) is 0 Å². The van der Waals surface area contributed by atoms with Crippen molar-refractivity contribution in [3.63, 3.8) is 0 Å². The predicted molar refractivity (Wildman–Crippen MR) is 163 cm³/mol. The van der Waals surface area contributed by atoms with Crippen LogP contribution in [0.5, 0.6) is 0 Å². The van der Waals surface area contributed by atoms with Gasteiger partial charge < -0.3 is 19.6 Å². The summed E-state index contributed by atoms with van der Waals surface area (Å²) in [5, 5.41) is 0. The van der Waals surface area contributed by atoms with Crippen LogP contribution in [-0.4, -0.2) is 90.8 Å². The van der Waals surface area contributed by atoms with Gasteiger partial charge >= 0.3 is 0 Å². The topological polar surface area (TPSA) is 47.1 Å².